The van der Waals surface area contributed by atoms with Gasteiger partial charge in [0.15, 0.2) is 11.2 Å². The monoisotopic (exact) mass is 396 g/mol. The standard InChI is InChI=1S/C21H17ClN2O4/c22-15-7-5-14(6-8-15)20(26)23-9-11-24(12-10-23)21(27)19-13-17(25)16-3-1-2-4-18(16)28-19/h1-8,13H,9-12H2. The third kappa shape index (κ3) is 3.51. The number of rotatable bonds is 2. The molecule has 1 aliphatic heterocycles. The molecule has 0 spiro atoms. The molecule has 0 bridgehead atoms. The molecular weight excluding hydrogens is 380 g/mol. The average molecular weight is 397 g/mol. The van der Waals surface area contributed by atoms with E-state index in [4.69, 9.17) is 16.0 Å². The number of hydrogen-bond donors (Lipinski definition) is 0. The third-order valence-corrected chi connectivity index (χ3v) is 5.04. The molecule has 0 radical (unpaired) electrons. The van der Waals surface area contributed by atoms with Crippen molar-refractivity contribution < 1.29 is 14.0 Å². The van der Waals surface area contributed by atoms with Crippen LogP contribution in [0.15, 0.2) is 63.8 Å². The zero-order valence-electron chi connectivity index (χ0n) is 14.9. The second kappa shape index (κ2) is 7.48. The van der Waals surface area contributed by atoms with Crippen LogP contribution >= 0.6 is 11.6 Å². The number of amides is 2. The van der Waals surface area contributed by atoms with Crippen molar-refractivity contribution in [2.75, 3.05) is 26.2 Å². The van der Waals surface area contributed by atoms with Crippen LogP contribution < -0.4 is 5.43 Å². The number of piperazine rings is 1. The molecule has 0 N–H and O–H groups in total. The number of nitrogens with zero attached hydrogens (tertiary/aromatic N) is 2. The van der Waals surface area contributed by atoms with Crippen molar-refractivity contribution in [2.45, 2.75) is 0 Å². The minimum atomic E-state index is -0.346. The zero-order chi connectivity index (χ0) is 19.7. The van der Waals surface area contributed by atoms with Crippen LogP contribution in [0.5, 0.6) is 0 Å². The van der Waals surface area contributed by atoms with Crippen molar-refractivity contribution >= 4 is 34.4 Å². The SMILES string of the molecule is O=C(c1ccc(Cl)cc1)N1CCN(C(=O)c2cc(=O)c3ccccc3o2)CC1. The second-order valence-electron chi connectivity index (χ2n) is 6.56. The van der Waals surface area contributed by atoms with Crippen LogP contribution in [0.1, 0.15) is 20.9 Å². The number of benzene rings is 2. The first-order valence-electron chi connectivity index (χ1n) is 8.90. The number of para-hydroxylation sites is 1. The Balaban J connectivity index is 1.46. The van der Waals surface area contributed by atoms with E-state index >= 15 is 0 Å². The summed E-state index contributed by atoms with van der Waals surface area (Å²) in [7, 11) is 0. The van der Waals surface area contributed by atoms with Gasteiger partial charge in [-0.25, -0.2) is 0 Å². The van der Waals surface area contributed by atoms with Crippen LogP contribution in [0.2, 0.25) is 5.02 Å². The maximum absolute atomic E-state index is 12.8. The van der Waals surface area contributed by atoms with Crippen molar-refractivity contribution in [2.24, 2.45) is 0 Å². The molecule has 0 atom stereocenters. The smallest absolute Gasteiger partial charge is 0.289 e. The Morgan fingerprint density at radius 3 is 2.14 bits per heavy atom. The minimum Gasteiger partial charge on any atom is -0.451 e. The van der Waals surface area contributed by atoms with Crippen LogP contribution in [0.3, 0.4) is 0 Å². The highest BCUT2D eigenvalue weighted by molar-refractivity contribution is 6.30. The van der Waals surface area contributed by atoms with E-state index in [-0.39, 0.29) is 23.0 Å². The molecular formula is C21H17ClN2O4. The Hall–Kier alpha value is -3.12. The van der Waals surface area contributed by atoms with E-state index in [0.29, 0.717) is 47.7 Å². The van der Waals surface area contributed by atoms with E-state index in [1.807, 2.05) is 0 Å². The van der Waals surface area contributed by atoms with Gasteiger partial charge in [0.25, 0.3) is 11.8 Å². The van der Waals surface area contributed by atoms with Crippen molar-refractivity contribution in [3.63, 3.8) is 0 Å². The number of carbonyl (C=O) groups is 2. The van der Waals surface area contributed by atoms with Crippen LogP contribution in [0.4, 0.5) is 0 Å². The molecule has 1 fully saturated rings. The summed E-state index contributed by atoms with van der Waals surface area (Å²) in [6.45, 7) is 1.55. The maximum atomic E-state index is 12.8. The topological polar surface area (TPSA) is 70.8 Å². The van der Waals surface area contributed by atoms with Crippen LogP contribution in [-0.2, 0) is 0 Å². The van der Waals surface area contributed by atoms with Crippen molar-refractivity contribution in [3.8, 4) is 0 Å². The predicted octanol–water partition coefficient (Wildman–Crippen LogP) is 3.04. The highest BCUT2D eigenvalue weighted by atomic mass is 35.5. The van der Waals surface area contributed by atoms with Gasteiger partial charge < -0.3 is 14.2 Å². The first-order chi connectivity index (χ1) is 13.5. The van der Waals surface area contributed by atoms with Gasteiger partial charge in [0.05, 0.1) is 5.39 Å². The van der Waals surface area contributed by atoms with Crippen molar-refractivity contribution in [1.29, 1.82) is 0 Å². The molecule has 1 saturated heterocycles. The second-order valence-corrected chi connectivity index (χ2v) is 7.00. The van der Waals surface area contributed by atoms with Gasteiger partial charge in [0, 0.05) is 42.8 Å². The highest BCUT2D eigenvalue weighted by Gasteiger charge is 2.27. The van der Waals surface area contributed by atoms with Gasteiger partial charge >= 0.3 is 0 Å². The maximum Gasteiger partial charge on any atom is 0.289 e. The predicted molar refractivity (Wildman–Crippen MR) is 106 cm³/mol. The Morgan fingerprint density at radius 2 is 1.46 bits per heavy atom. The molecule has 4 rings (SSSR count). The lowest BCUT2D eigenvalue weighted by Crippen LogP contribution is -2.50. The molecule has 7 heteroatoms. The van der Waals surface area contributed by atoms with Gasteiger partial charge in [-0.05, 0) is 36.4 Å². The molecule has 3 aromatic rings. The number of halogens is 1. The van der Waals surface area contributed by atoms with Gasteiger partial charge in [0.2, 0.25) is 0 Å². The Kier molecular flexibility index (Phi) is 4.88. The van der Waals surface area contributed by atoms with E-state index in [1.54, 1.807) is 58.3 Å². The van der Waals surface area contributed by atoms with Crippen molar-refractivity contribution in [1.82, 2.24) is 9.80 Å². The molecule has 1 aliphatic rings. The lowest BCUT2D eigenvalue weighted by atomic mass is 10.1. The molecule has 2 aromatic carbocycles. The Morgan fingerprint density at radius 1 is 0.857 bits per heavy atom. The minimum absolute atomic E-state index is 0.0150. The van der Waals surface area contributed by atoms with E-state index in [0.717, 1.165) is 0 Å². The normalized spacial score (nSPS) is 14.3. The molecule has 2 amide bonds. The van der Waals surface area contributed by atoms with Gasteiger partial charge in [-0.1, -0.05) is 23.7 Å². The summed E-state index contributed by atoms with van der Waals surface area (Å²) >= 11 is 5.86. The van der Waals surface area contributed by atoms with Gasteiger partial charge in [-0.2, -0.15) is 0 Å². The molecule has 142 valence electrons. The van der Waals surface area contributed by atoms with E-state index in [9.17, 15) is 14.4 Å². The fourth-order valence-electron chi connectivity index (χ4n) is 3.25. The number of carbonyl (C=O) groups excluding carboxylic acids is 2. The Bertz CT molecular complexity index is 1100. The van der Waals surface area contributed by atoms with Gasteiger partial charge in [-0.15, -0.1) is 0 Å². The van der Waals surface area contributed by atoms with Gasteiger partial charge in [0.1, 0.15) is 5.58 Å². The summed E-state index contributed by atoms with van der Waals surface area (Å²) in [5, 5.41) is 1.02. The molecule has 1 aromatic heterocycles. The first-order valence-corrected chi connectivity index (χ1v) is 9.28. The Labute approximate surface area is 165 Å². The largest absolute Gasteiger partial charge is 0.451 e. The number of fused-ring (bicyclic) bond motifs is 1. The van der Waals surface area contributed by atoms with Gasteiger partial charge in [-0.3, -0.25) is 14.4 Å². The fourth-order valence-corrected chi connectivity index (χ4v) is 3.38. The molecule has 2 heterocycles. The molecule has 6 nitrogen and oxygen atoms in total. The molecule has 0 aliphatic carbocycles. The summed E-state index contributed by atoms with van der Waals surface area (Å²) in [5.41, 5.74) is 0.696. The average Bonchev–Trinajstić information content (AvgIpc) is 2.73. The highest BCUT2D eigenvalue weighted by Crippen LogP contribution is 2.16. The summed E-state index contributed by atoms with van der Waals surface area (Å²) in [6, 6.07) is 14.8. The molecule has 0 unspecified atom stereocenters. The lowest BCUT2D eigenvalue weighted by Gasteiger charge is -2.34. The van der Waals surface area contributed by atoms with Crippen LogP contribution in [0.25, 0.3) is 11.0 Å². The summed E-state index contributed by atoms with van der Waals surface area (Å²) in [5.74, 6) is -0.427. The summed E-state index contributed by atoms with van der Waals surface area (Å²) in [6.07, 6.45) is 0. The van der Waals surface area contributed by atoms with Crippen LogP contribution in [0, 0.1) is 0 Å². The zero-order valence-corrected chi connectivity index (χ0v) is 15.7. The fraction of sp³-hybridized carbons (Fsp3) is 0.190. The van der Waals surface area contributed by atoms with E-state index < -0.39 is 0 Å². The summed E-state index contributed by atoms with van der Waals surface area (Å²) in [4.78, 5) is 40.8. The van der Waals surface area contributed by atoms with E-state index in [1.165, 1.54) is 6.07 Å². The quantitative estimate of drug-likeness (QED) is 0.667. The van der Waals surface area contributed by atoms with Crippen LogP contribution in [-0.4, -0.2) is 47.8 Å². The lowest BCUT2D eigenvalue weighted by molar-refractivity contribution is 0.0518. The van der Waals surface area contributed by atoms with Crippen molar-refractivity contribution in [3.05, 3.63) is 81.2 Å². The molecule has 0 saturated carbocycles. The first kappa shape index (κ1) is 18.3. The third-order valence-electron chi connectivity index (χ3n) is 4.79. The number of hydrogen-bond acceptors (Lipinski definition) is 4. The summed E-state index contributed by atoms with van der Waals surface area (Å²) < 4.78 is 5.63. The van der Waals surface area contributed by atoms with E-state index in [2.05, 4.69) is 0 Å². The molecule has 28 heavy (non-hydrogen) atoms.